The monoisotopic (exact) mass is 337 g/mol. The Labute approximate surface area is 138 Å². The van der Waals surface area contributed by atoms with Crippen molar-refractivity contribution >= 4 is 23.6 Å². The van der Waals surface area contributed by atoms with Crippen molar-refractivity contribution in [2.24, 2.45) is 5.92 Å². The highest BCUT2D eigenvalue weighted by molar-refractivity contribution is 8.03. The molecule has 0 bridgehead atoms. The average molecular weight is 337 g/mol. The summed E-state index contributed by atoms with van der Waals surface area (Å²) in [4.78, 5) is 25.5. The molecule has 7 heteroatoms. The molecular formula is C16H19NO5S. The average Bonchev–Trinajstić information content (AvgIpc) is 2.55. The summed E-state index contributed by atoms with van der Waals surface area (Å²) in [5.41, 5.74) is 0.495. The van der Waals surface area contributed by atoms with Gasteiger partial charge >= 0.3 is 0 Å². The summed E-state index contributed by atoms with van der Waals surface area (Å²) in [6.07, 6.45) is 0. The van der Waals surface area contributed by atoms with E-state index < -0.39 is 5.92 Å². The van der Waals surface area contributed by atoms with E-state index in [0.29, 0.717) is 16.2 Å². The minimum absolute atomic E-state index is 0.114. The SMILES string of the molecule is COc1cccc(SC2=C(C)C(=O)NC(=O)C2COCCO)c1. The summed E-state index contributed by atoms with van der Waals surface area (Å²) in [5, 5.41) is 11.1. The predicted molar refractivity (Wildman–Crippen MR) is 86.1 cm³/mol. The molecule has 0 spiro atoms. The maximum Gasteiger partial charge on any atom is 0.254 e. The van der Waals surface area contributed by atoms with E-state index in [-0.39, 0.29) is 31.6 Å². The second kappa shape index (κ2) is 8.14. The number of nitrogens with one attached hydrogen (secondary N) is 1. The topological polar surface area (TPSA) is 84.9 Å². The van der Waals surface area contributed by atoms with Crippen molar-refractivity contribution in [2.75, 3.05) is 26.9 Å². The van der Waals surface area contributed by atoms with Gasteiger partial charge in [-0.2, -0.15) is 0 Å². The van der Waals surface area contributed by atoms with Crippen LogP contribution in [0.3, 0.4) is 0 Å². The summed E-state index contributed by atoms with van der Waals surface area (Å²) in [7, 11) is 1.58. The number of aliphatic hydroxyl groups is 1. The Kier molecular flexibility index (Phi) is 6.20. The minimum atomic E-state index is -0.574. The molecular weight excluding hydrogens is 318 g/mol. The van der Waals surface area contributed by atoms with Gasteiger partial charge < -0.3 is 14.6 Å². The van der Waals surface area contributed by atoms with Crippen LogP contribution >= 0.6 is 11.8 Å². The summed E-state index contributed by atoms with van der Waals surface area (Å²) in [6.45, 7) is 1.83. The van der Waals surface area contributed by atoms with Gasteiger partial charge in [0, 0.05) is 15.4 Å². The Bertz CT molecular complexity index is 629. The first-order valence-electron chi connectivity index (χ1n) is 7.13. The van der Waals surface area contributed by atoms with Gasteiger partial charge in [0.05, 0.1) is 32.8 Å². The van der Waals surface area contributed by atoms with E-state index in [1.165, 1.54) is 11.8 Å². The third kappa shape index (κ3) is 4.34. The number of ether oxygens (including phenoxy) is 2. The van der Waals surface area contributed by atoms with Crippen LogP contribution in [0.5, 0.6) is 5.75 Å². The summed E-state index contributed by atoms with van der Waals surface area (Å²) in [5.74, 6) is -0.647. The molecule has 1 heterocycles. The Morgan fingerprint density at radius 3 is 2.83 bits per heavy atom. The zero-order valence-corrected chi connectivity index (χ0v) is 13.8. The van der Waals surface area contributed by atoms with E-state index in [9.17, 15) is 9.59 Å². The fraction of sp³-hybridized carbons (Fsp3) is 0.375. The first-order valence-corrected chi connectivity index (χ1v) is 7.95. The lowest BCUT2D eigenvalue weighted by molar-refractivity contribution is -0.132. The summed E-state index contributed by atoms with van der Waals surface area (Å²) >= 11 is 1.35. The molecule has 1 aromatic carbocycles. The van der Waals surface area contributed by atoms with Crippen molar-refractivity contribution in [3.05, 3.63) is 34.7 Å². The maximum absolute atomic E-state index is 12.1. The fourth-order valence-corrected chi connectivity index (χ4v) is 3.28. The molecule has 2 N–H and O–H groups in total. The van der Waals surface area contributed by atoms with Gasteiger partial charge in [-0.1, -0.05) is 17.8 Å². The first kappa shape index (κ1) is 17.5. The third-order valence-corrected chi connectivity index (χ3v) is 4.67. The standard InChI is InChI=1S/C16H19NO5S/c1-10-14(23-12-5-3-4-11(8-12)21-2)13(9-22-7-6-18)16(20)17-15(10)19/h3-5,8,13,18H,6-7,9H2,1-2H3,(H,17,19,20). The molecule has 23 heavy (non-hydrogen) atoms. The number of imide groups is 1. The molecule has 0 saturated carbocycles. The maximum atomic E-state index is 12.1. The van der Waals surface area contributed by atoms with Crippen LogP contribution in [0, 0.1) is 5.92 Å². The number of benzene rings is 1. The quantitative estimate of drug-likeness (QED) is 0.577. The van der Waals surface area contributed by atoms with Crippen LogP contribution in [0.4, 0.5) is 0 Å². The second-order valence-corrected chi connectivity index (χ2v) is 6.06. The Balaban J connectivity index is 2.26. The molecule has 1 aliphatic rings. The Hall–Kier alpha value is -1.83. The first-order chi connectivity index (χ1) is 11.1. The van der Waals surface area contributed by atoms with E-state index in [2.05, 4.69) is 5.32 Å². The van der Waals surface area contributed by atoms with Gasteiger partial charge in [0.1, 0.15) is 5.75 Å². The van der Waals surface area contributed by atoms with E-state index in [4.69, 9.17) is 14.6 Å². The van der Waals surface area contributed by atoms with Crippen molar-refractivity contribution in [2.45, 2.75) is 11.8 Å². The molecule has 124 valence electrons. The van der Waals surface area contributed by atoms with Gasteiger partial charge in [-0.15, -0.1) is 0 Å². The second-order valence-electron chi connectivity index (χ2n) is 4.94. The normalized spacial score (nSPS) is 18.1. The molecule has 0 saturated heterocycles. The molecule has 0 radical (unpaired) electrons. The van der Waals surface area contributed by atoms with Crippen LogP contribution < -0.4 is 10.1 Å². The smallest absolute Gasteiger partial charge is 0.254 e. The highest BCUT2D eigenvalue weighted by atomic mass is 32.2. The van der Waals surface area contributed by atoms with Crippen LogP contribution in [-0.4, -0.2) is 43.9 Å². The number of aliphatic hydroxyl groups excluding tert-OH is 1. The molecule has 1 aliphatic heterocycles. The van der Waals surface area contributed by atoms with Crippen molar-refractivity contribution in [1.29, 1.82) is 0 Å². The van der Waals surface area contributed by atoms with Crippen LogP contribution in [0.1, 0.15) is 6.92 Å². The van der Waals surface area contributed by atoms with Crippen molar-refractivity contribution < 1.29 is 24.2 Å². The van der Waals surface area contributed by atoms with Crippen LogP contribution in [0.15, 0.2) is 39.6 Å². The third-order valence-electron chi connectivity index (χ3n) is 3.37. The van der Waals surface area contributed by atoms with E-state index >= 15 is 0 Å². The number of thioether (sulfide) groups is 1. The van der Waals surface area contributed by atoms with Crippen LogP contribution in [-0.2, 0) is 14.3 Å². The molecule has 1 atom stereocenters. The summed E-state index contributed by atoms with van der Waals surface area (Å²) < 4.78 is 10.5. The van der Waals surface area contributed by atoms with Crippen molar-refractivity contribution in [1.82, 2.24) is 5.32 Å². The predicted octanol–water partition coefficient (Wildman–Crippen LogP) is 1.34. The molecule has 0 aliphatic carbocycles. The van der Waals surface area contributed by atoms with Gasteiger partial charge in [0.2, 0.25) is 5.91 Å². The zero-order valence-electron chi connectivity index (χ0n) is 13.0. The van der Waals surface area contributed by atoms with Crippen LogP contribution in [0.2, 0.25) is 0 Å². The van der Waals surface area contributed by atoms with E-state index in [1.54, 1.807) is 14.0 Å². The number of carbonyl (C=O) groups excluding carboxylic acids is 2. The van der Waals surface area contributed by atoms with Crippen LogP contribution in [0.25, 0.3) is 0 Å². The summed E-state index contributed by atoms with van der Waals surface area (Å²) in [6, 6.07) is 7.40. The van der Waals surface area contributed by atoms with E-state index in [0.717, 1.165) is 4.90 Å². The van der Waals surface area contributed by atoms with Crippen molar-refractivity contribution in [3.8, 4) is 5.75 Å². The largest absolute Gasteiger partial charge is 0.497 e. The Morgan fingerprint density at radius 2 is 2.13 bits per heavy atom. The van der Waals surface area contributed by atoms with Gasteiger partial charge in [-0.25, -0.2) is 0 Å². The van der Waals surface area contributed by atoms with Gasteiger partial charge in [0.25, 0.3) is 5.91 Å². The molecule has 0 aromatic heterocycles. The highest BCUT2D eigenvalue weighted by Gasteiger charge is 2.33. The van der Waals surface area contributed by atoms with Gasteiger partial charge in [0.15, 0.2) is 0 Å². The number of hydrogen-bond acceptors (Lipinski definition) is 6. The van der Waals surface area contributed by atoms with Crippen molar-refractivity contribution in [3.63, 3.8) is 0 Å². The van der Waals surface area contributed by atoms with Gasteiger partial charge in [-0.3, -0.25) is 14.9 Å². The Morgan fingerprint density at radius 1 is 1.35 bits per heavy atom. The van der Waals surface area contributed by atoms with E-state index in [1.807, 2.05) is 24.3 Å². The number of rotatable bonds is 7. The minimum Gasteiger partial charge on any atom is -0.497 e. The fourth-order valence-electron chi connectivity index (χ4n) is 2.14. The number of carbonyl (C=O) groups is 2. The highest BCUT2D eigenvalue weighted by Crippen LogP contribution is 2.37. The number of amides is 2. The molecule has 2 amide bonds. The lowest BCUT2D eigenvalue weighted by Gasteiger charge is -2.25. The molecule has 2 rings (SSSR count). The molecule has 0 fully saturated rings. The number of hydrogen-bond donors (Lipinski definition) is 2. The van der Waals surface area contributed by atoms with Gasteiger partial charge in [-0.05, 0) is 25.1 Å². The molecule has 6 nitrogen and oxygen atoms in total. The zero-order chi connectivity index (χ0) is 16.8. The lowest BCUT2D eigenvalue weighted by atomic mass is 10.0. The molecule has 1 unspecified atom stereocenters. The number of methoxy groups -OCH3 is 1. The molecule has 1 aromatic rings. The lowest BCUT2D eigenvalue weighted by Crippen LogP contribution is -2.43.